The normalized spacial score (nSPS) is 10.7. The van der Waals surface area contributed by atoms with Crippen LogP contribution in [0.4, 0.5) is 5.69 Å². The number of hydrogen-bond acceptors (Lipinski definition) is 5. The molecule has 7 nitrogen and oxygen atoms in total. The number of benzene rings is 3. The van der Waals surface area contributed by atoms with Gasteiger partial charge in [0.05, 0.1) is 27.9 Å². The smallest absolute Gasteiger partial charge is 0.335 e. The fourth-order valence-electron chi connectivity index (χ4n) is 3.07. The highest BCUT2D eigenvalue weighted by molar-refractivity contribution is 7.99. The number of nitrogens with zero attached hydrogens (tertiary/aromatic N) is 2. The van der Waals surface area contributed by atoms with Crippen LogP contribution in [0.5, 0.6) is 0 Å². The lowest BCUT2D eigenvalue weighted by molar-refractivity contribution is -0.113. The Morgan fingerprint density at radius 1 is 0.968 bits per heavy atom. The van der Waals surface area contributed by atoms with Crippen molar-refractivity contribution in [1.82, 2.24) is 9.55 Å². The fourth-order valence-corrected chi connectivity index (χ4v) is 3.88. The molecule has 0 spiro atoms. The molecule has 4 rings (SSSR count). The maximum Gasteiger partial charge on any atom is 0.335 e. The minimum Gasteiger partial charge on any atom is -0.478 e. The Hall–Kier alpha value is -3.91. The molecule has 8 heteroatoms. The molecule has 0 aliphatic carbocycles. The van der Waals surface area contributed by atoms with Gasteiger partial charge in [-0.25, -0.2) is 9.78 Å². The van der Waals surface area contributed by atoms with Crippen molar-refractivity contribution < 1.29 is 14.7 Å². The van der Waals surface area contributed by atoms with E-state index in [2.05, 4.69) is 10.3 Å². The molecule has 0 bridgehead atoms. The van der Waals surface area contributed by atoms with Crippen LogP contribution in [0, 0.1) is 0 Å². The Morgan fingerprint density at radius 2 is 1.71 bits per heavy atom. The van der Waals surface area contributed by atoms with Gasteiger partial charge in [0.25, 0.3) is 5.56 Å². The second kappa shape index (κ2) is 8.85. The maximum absolute atomic E-state index is 13.1. The monoisotopic (exact) mass is 431 g/mol. The number of carbonyl (C=O) groups is 2. The van der Waals surface area contributed by atoms with Crippen LogP contribution in [0.3, 0.4) is 0 Å². The van der Waals surface area contributed by atoms with Gasteiger partial charge in [-0.05, 0) is 42.5 Å². The van der Waals surface area contributed by atoms with Crippen LogP contribution in [0.25, 0.3) is 16.6 Å². The number of aromatic nitrogens is 2. The van der Waals surface area contributed by atoms with Crippen LogP contribution < -0.4 is 10.9 Å². The van der Waals surface area contributed by atoms with Crippen LogP contribution in [0.15, 0.2) is 88.8 Å². The number of rotatable bonds is 6. The van der Waals surface area contributed by atoms with Gasteiger partial charge in [0, 0.05) is 5.69 Å². The summed E-state index contributed by atoms with van der Waals surface area (Å²) in [6, 6.07) is 22.2. The second-order valence-electron chi connectivity index (χ2n) is 6.61. The Balaban J connectivity index is 1.62. The van der Waals surface area contributed by atoms with E-state index in [0.29, 0.717) is 27.4 Å². The third kappa shape index (κ3) is 4.49. The summed E-state index contributed by atoms with van der Waals surface area (Å²) in [7, 11) is 0. The van der Waals surface area contributed by atoms with E-state index in [-0.39, 0.29) is 22.8 Å². The Kier molecular flexibility index (Phi) is 5.81. The molecule has 2 N–H and O–H groups in total. The quantitative estimate of drug-likeness (QED) is 0.356. The predicted molar refractivity (Wildman–Crippen MR) is 120 cm³/mol. The molecule has 0 atom stereocenters. The third-order valence-electron chi connectivity index (χ3n) is 4.48. The van der Waals surface area contributed by atoms with Gasteiger partial charge in [-0.2, -0.15) is 0 Å². The maximum atomic E-state index is 13.1. The number of nitrogens with one attached hydrogen (secondary N) is 1. The molecule has 3 aromatic carbocycles. The number of amides is 1. The minimum absolute atomic E-state index is 0.00505. The summed E-state index contributed by atoms with van der Waals surface area (Å²) in [6.45, 7) is 0. The molecular formula is C23H17N3O4S. The van der Waals surface area contributed by atoms with E-state index < -0.39 is 5.97 Å². The summed E-state index contributed by atoms with van der Waals surface area (Å²) >= 11 is 1.13. The molecule has 0 unspecified atom stereocenters. The number of carbonyl (C=O) groups excluding carboxylic acids is 1. The molecule has 0 fully saturated rings. The minimum atomic E-state index is -1.07. The predicted octanol–water partition coefficient (Wildman–Crippen LogP) is 3.81. The molecule has 0 saturated heterocycles. The molecule has 0 aliphatic heterocycles. The van der Waals surface area contributed by atoms with Gasteiger partial charge in [-0.1, -0.05) is 48.2 Å². The van der Waals surface area contributed by atoms with Crippen molar-refractivity contribution >= 4 is 40.2 Å². The lowest BCUT2D eigenvalue weighted by atomic mass is 10.2. The van der Waals surface area contributed by atoms with E-state index in [1.54, 1.807) is 48.5 Å². The molecule has 0 saturated carbocycles. The first-order valence-corrected chi connectivity index (χ1v) is 10.3. The summed E-state index contributed by atoms with van der Waals surface area (Å²) < 4.78 is 1.49. The average molecular weight is 431 g/mol. The van der Waals surface area contributed by atoms with Gasteiger partial charge in [0.2, 0.25) is 5.91 Å². The van der Waals surface area contributed by atoms with Crippen molar-refractivity contribution in [2.24, 2.45) is 0 Å². The van der Waals surface area contributed by atoms with Crippen LogP contribution in [0.1, 0.15) is 10.4 Å². The van der Waals surface area contributed by atoms with Gasteiger partial charge >= 0.3 is 5.97 Å². The van der Waals surface area contributed by atoms with E-state index in [9.17, 15) is 14.4 Å². The number of carboxylic acids is 1. The highest BCUT2D eigenvalue weighted by atomic mass is 32.2. The highest BCUT2D eigenvalue weighted by Crippen LogP contribution is 2.21. The van der Waals surface area contributed by atoms with Gasteiger partial charge in [-0.3, -0.25) is 14.2 Å². The number of aromatic carboxylic acids is 1. The summed E-state index contributed by atoms with van der Waals surface area (Å²) in [5.74, 6) is -1.41. The zero-order valence-electron chi connectivity index (χ0n) is 16.2. The standard InChI is InChI=1S/C23H17N3O4S/c27-20(24-16-8-6-7-15(13-16)22(29)30)14-31-23-25-19-12-5-4-11-18(19)21(28)26(23)17-9-2-1-3-10-17/h1-13H,14H2,(H,24,27)(H,29,30). The molecular weight excluding hydrogens is 414 g/mol. The van der Waals surface area contributed by atoms with Gasteiger partial charge in [-0.15, -0.1) is 0 Å². The number of hydrogen-bond donors (Lipinski definition) is 2. The Bertz CT molecular complexity index is 1340. The molecule has 1 amide bonds. The largest absolute Gasteiger partial charge is 0.478 e. The Morgan fingerprint density at radius 3 is 2.48 bits per heavy atom. The van der Waals surface area contributed by atoms with Crippen LogP contribution in [-0.4, -0.2) is 32.3 Å². The number of fused-ring (bicyclic) bond motifs is 1. The van der Waals surface area contributed by atoms with E-state index in [0.717, 1.165) is 11.8 Å². The van der Waals surface area contributed by atoms with Crippen molar-refractivity contribution in [3.63, 3.8) is 0 Å². The molecule has 154 valence electrons. The first kappa shape index (κ1) is 20.4. The third-order valence-corrected chi connectivity index (χ3v) is 5.42. The van der Waals surface area contributed by atoms with E-state index in [4.69, 9.17) is 5.11 Å². The lowest BCUT2D eigenvalue weighted by Crippen LogP contribution is -2.23. The summed E-state index contributed by atoms with van der Waals surface area (Å²) in [5.41, 5.74) is 1.46. The number of anilines is 1. The van der Waals surface area contributed by atoms with E-state index in [1.807, 2.05) is 18.2 Å². The molecule has 1 heterocycles. The van der Waals surface area contributed by atoms with Gasteiger partial charge in [0.1, 0.15) is 0 Å². The Labute approximate surface area is 181 Å². The van der Waals surface area contributed by atoms with E-state index >= 15 is 0 Å². The highest BCUT2D eigenvalue weighted by Gasteiger charge is 2.15. The van der Waals surface area contributed by atoms with Crippen LogP contribution in [0.2, 0.25) is 0 Å². The zero-order valence-corrected chi connectivity index (χ0v) is 17.0. The van der Waals surface area contributed by atoms with Crippen LogP contribution >= 0.6 is 11.8 Å². The average Bonchev–Trinajstić information content (AvgIpc) is 2.78. The number of carboxylic acid groups (broad SMARTS) is 1. The number of thioether (sulfide) groups is 1. The summed E-state index contributed by atoms with van der Waals surface area (Å²) in [5, 5.41) is 12.7. The van der Waals surface area contributed by atoms with Crippen molar-refractivity contribution in [2.45, 2.75) is 5.16 Å². The van der Waals surface area contributed by atoms with Crippen molar-refractivity contribution in [2.75, 3.05) is 11.1 Å². The molecule has 0 aliphatic rings. The van der Waals surface area contributed by atoms with Crippen molar-refractivity contribution in [3.05, 3.63) is 94.8 Å². The number of para-hydroxylation sites is 2. The van der Waals surface area contributed by atoms with Crippen molar-refractivity contribution in [1.29, 1.82) is 0 Å². The van der Waals surface area contributed by atoms with Gasteiger partial charge in [0.15, 0.2) is 5.16 Å². The van der Waals surface area contributed by atoms with Crippen LogP contribution in [-0.2, 0) is 4.79 Å². The molecule has 0 radical (unpaired) electrons. The van der Waals surface area contributed by atoms with Gasteiger partial charge < -0.3 is 10.4 Å². The topological polar surface area (TPSA) is 101 Å². The fraction of sp³-hybridized carbons (Fsp3) is 0.0435. The zero-order chi connectivity index (χ0) is 21.8. The van der Waals surface area contributed by atoms with E-state index in [1.165, 1.54) is 16.7 Å². The summed E-state index contributed by atoms with van der Waals surface area (Å²) in [6.07, 6.45) is 0. The SMILES string of the molecule is O=C(CSc1nc2ccccc2c(=O)n1-c1ccccc1)Nc1cccc(C(=O)O)c1. The van der Waals surface area contributed by atoms with Crippen molar-refractivity contribution in [3.8, 4) is 5.69 Å². The summed E-state index contributed by atoms with van der Waals surface area (Å²) in [4.78, 5) is 41.3. The lowest BCUT2D eigenvalue weighted by Gasteiger charge is -2.13. The first-order valence-electron chi connectivity index (χ1n) is 9.36. The molecule has 4 aromatic rings. The first-order chi connectivity index (χ1) is 15.0. The molecule has 31 heavy (non-hydrogen) atoms. The second-order valence-corrected chi connectivity index (χ2v) is 7.55. The molecule has 1 aromatic heterocycles.